The maximum Gasteiger partial charge on any atom is 0.331 e. The van der Waals surface area contributed by atoms with Gasteiger partial charge in [-0.2, -0.15) is 0 Å². The van der Waals surface area contributed by atoms with Gasteiger partial charge in [-0.25, -0.2) is 9.18 Å². The van der Waals surface area contributed by atoms with Crippen molar-refractivity contribution in [3.8, 4) is 0 Å². The van der Waals surface area contributed by atoms with E-state index in [4.69, 9.17) is 11.6 Å². The smallest absolute Gasteiger partial charge is 0.331 e. The van der Waals surface area contributed by atoms with E-state index in [-0.39, 0.29) is 10.6 Å². The average Bonchev–Trinajstić information content (AvgIpc) is 2.37. The molecule has 6 heteroatoms. The Balaban J connectivity index is 2.98. The van der Waals surface area contributed by atoms with Crippen LogP contribution in [0.25, 0.3) is 0 Å². The number of benzene rings is 1. The van der Waals surface area contributed by atoms with Crippen LogP contribution < -0.4 is 5.32 Å². The highest BCUT2D eigenvalue weighted by molar-refractivity contribution is 6.30. The van der Waals surface area contributed by atoms with Crippen LogP contribution in [0.4, 0.5) is 4.39 Å². The summed E-state index contributed by atoms with van der Waals surface area (Å²) in [4.78, 5) is 23.6. The van der Waals surface area contributed by atoms with E-state index in [2.05, 4.69) is 10.1 Å². The van der Waals surface area contributed by atoms with Crippen molar-refractivity contribution in [1.29, 1.82) is 0 Å². The van der Waals surface area contributed by atoms with E-state index in [0.29, 0.717) is 6.42 Å². The fourth-order valence-electron chi connectivity index (χ4n) is 1.50. The topological polar surface area (TPSA) is 55.4 Å². The van der Waals surface area contributed by atoms with E-state index < -0.39 is 23.2 Å². The lowest BCUT2D eigenvalue weighted by Gasteiger charge is -2.26. The molecule has 0 aliphatic rings. The predicted octanol–water partition coefficient (Wildman–Crippen LogP) is 2.55. The van der Waals surface area contributed by atoms with E-state index in [1.165, 1.54) is 26.2 Å². The molecule has 0 radical (unpaired) electrons. The molecule has 1 N–H and O–H groups in total. The van der Waals surface area contributed by atoms with Gasteiger partial charge in [0.25, 0.3) is 5.91 Å². The van der Waals surface area contributed by atoms with Crippen molar-refractivity contribution in [3.63, 3.8) is 0 Å². The van der Waals surface area contributed by atoms with Gasteiger partial charge in [-0.3, -0.25) is 4.79 Å². The Hall–Kier alpha value is -1.62. The number of carbonyl (C=O) groups is 2. The summed E-state index contributed by atoms with van der Waals surface area (Å²) in [7, 11) is 1.23. The Kier molecular flexibility index (Phi) is 4.89. The predicted molar refractivity (Wildman–Crippen MR) is 69.6 cm³/mol. The normalized spacial score (nSPS) is 13.5. The first-order valence-corrected chi connectivity index (χ1v) is 6.08. The van der Waals surface area contributed by atoms with E-state index >= 15 is 0 Å². The zero-order valence-electron chi connectivity index (χ0n) is 10.9. The molecule has 1 unspecified atom stereocenters. The third-order valence-corrected chi connectivity index (χ3v) is 3.14. The third-order valence-electron chi connectivity index (χ3n) is 2.91. The second kappa shape index (κ2) is 6.02. The summed E-state index contributed by atoms with van der Waals surface area (Å²) in [6.07, 6.45) is 0.320. The minimum atomic E-state index is -1.20. The summed E-state index contributed by atoms with van der Waals surface area (Å²) in [5.41, 5.74) is -1.37. The standard InChI is InChI=1S/C13H15ClFNO3/c1-4-13(2,12(18)19-3)16-11(17)9-6-5-8(14)7-10(9)15/h5-7H,4H2,1-3H3,(H,16,17). The number of carbonyl (C=O) groups excluding carboxylic acids is 2. The quantitative estimate of drug-likeness (QED) is 0.866. The summed E-state index contributed by atoms with van der Waals surface area (Å²) in [6.45, 7) is 3.24. The molecule has 1 amide bonds. The molecule has 1 rings (SSSR count). The van der Waals surface area contributed by atoms with Gasteiger partial charge in [0.05, 0.1) is 12.7 Å². The molecule has 0 heterocycles. The highest BCUT2D eigenvalue weighted by atomic mass is 35.5. The van der Waals surface area contributed by atoms with Crippen LogP contribution in [-0.4, -0.2) is 24.5 Å². The fourth-order valence-corrected chi connectivity index (χ4v) is 1.66. The number of rotatable bonds is 4. The minimum Gasteiger partial charge on any atom is -0.467 e. The van der Waals surface area contributed by atoms with Crippen LogP contribution in [0.1, 0.15) is 30.6 Å². The number of hydrogen-bond acceptors (Lipinski definition) is 3. The Morgan fingerprint density at radius 3 is 2.58 bits per heavy atom. The maximum atomic E-state index is 13.6. The van der Waals surface area contributed by atoms with Gasteiger partial charge < -0.3 is 10.1 Å². The molecule has 0 saturated heterocycles. The van der Waals surface area contributed by atoms with E-state index in [1.54, 1.807) is 6.92 Å². The van der Waals surface area contributed by atoms with Gasteiger partial charge >= 0.3 is 5.97 Å². The van der Waals surface area contributed by atoms with Crippen molar-refractivity contribution in [2.24, 2.45) is 0 Å². The van der Waals surface area contributed by atoms with Gasteiger partial charge in [-0.1, -0.05) is 18.5 Å². The van der Waals surface area contributed by atoms with Crippen LogP contribution >= 0.6 is 11.6 Å². The van der Waals surface area contributed by atoms with Crippen LogP contribution in [0, 0.1) is 5.82 Å². The Labute approximate surface area is 115 Å². The molecule has 0 saturated carbocycles. The van der Waals surface area contributed by atoms with Crippen molar-refractivity contribution in [2.45, 2.75) is 25.8 Å². The Bertz CT molecular complexity index is 507. The lowest BCUT2D eigenvalue weighted by atomic mass is 9.98. The van der Waals surface area contributed by atoms with Crippen LogP contribution in [0.15, 0.2) is 18.2 Å². The average molecular weight is 288 g/mol. The van der Waals surface area contributed by atoms with Gasteiger partial charge in [0, 0.05) is 5.02 Å². The zero-order valence-corrected chi connectivity index (χ0v) is 11.7. The molecule has 1 atom stereocenters. The van der Waals surface area contributed by atoms with Crippen molar-refractivity contribution < 1.29 is 18.7 Å². The molecule has 0 aliphatic carbocycles. The molecule has 0 fully saturated rings. The summed E-state index contributed by atoms with van der Waals surface area (Å²) in [5, 5.41) is 2.67. The highest BCUT2D eigenvalue weighted by Crippen LogP contribution is 2.17. The SMILES string of the molecule is CCC(C)(NC(=O)c1ccc(Cl)cc1F)C(=O)OC. The third kappa shape index (κ3) is 3.44. The second-order valence-corrected chi connectivity index (χ2v) is 4.69. The van der Waals surface area contributed by atoms with Crippen LogP contribution in [0.5, 0.6) is 0 Å². The molecule has 4 nitrogen and oxygen atoms in total. The first-order chi connectivity index (χ1) is 8.84. The number of hydrogen-bond donors (Lipinski definition) is 1. The molecular weight excluding hydrogens is 273 g/mol. The zero-order chi connectivity index (χ0) is 14.6. The largest absolute Gasteiger partial charge is 0.467 e. The summed E-state index contributed by atoms with van der Waals surface area (Å²) in [6, 6.07) is 3.71. The second-order valence-electron chi connectivity index (χ2n) is 4.26. The lowest BCUT2D eigenvalue weighted by molar-refractivity contribution is -0.147. The monoisotopic (exact) mass is 287 g/mol. The van der Waals surface area contributed by atoms with Crippen molar-refractivity contribution in [3.05, 3.63) is 34.6 Å². The van der Waals surface area contributed by atoms with Gasteiger partial charge in [0.1, 0.15) is 11.4 Å². The molecular formula is C13H15ClFNO3. The van der Waals surface area contributed by atoms with Crippen molar-refractivity contribution in [2.75, 3.05) is 7.11 Å². The molecule has 0 aliphatic heterocycles. The molecule has 0 spiro atoms. The minimum absolute atomic E-state index is 0.173. The number of halogens is 2. The van der Waals surface area contributed by atoms with Gasteiger partial charge in [0.15, 0.2) is 0 Å². The number of methoxy groups -OCH3 is 1. The summed E-state index contributed by atoms with van der Waals surface area (Å²) >= 11 is 5.61. The van der Waals surface area contributed by atoms with Crippen LogP contribution in [-0.2, 0) is 9.53 Å². The molecule has 0 aromatic heterocycles. The molecule has 1 aromatic carbocycles. The van der Waals surface area contributed by atoms with Gasteiger partial charge in [-0.05, 0) is 31.5 Å². The van der Waals surface area contributed by atoms with E-state index in [1.807, 2.05) is 0 Å². The van der Waals surface area contributed by atoms with Crippen LogP contribution in [0.3, 0.4) is 0 Å². The first kappa shape index (κ1) is 15.4. The highest BCUT2D eigenvalue weighted by Gasteiger charge is 2.34. The maximum absolute atomic E-state index is 13.6. The number of amides is 1. The van der Waals surface area contributed by atoms with Gasteiger partial charge in [-0.15, -0.1) is 0 Å². The molecule has 1 aromatic rings. The van der Waals surface area contributed by atoms with Crippen LogP contribution in [0.2, 0.25) is 5.02 Å². The Morgan fingerprint density at radius 2 is 2.11 bits per heavy atom. The molecule has 0 bridgehead atoms. The molecule has 19 heavy (non-hydrogen) atoms. The lowest BCUT2D eigenvalue weighted by Crippen LogP contribution is -2.52. The van der Waals surface area contributed by atoms with E-state index in [9.17, 15) is 14.0 Å². The first-order valence-electron chi connectivity index (χ1n) is 5.70. The molecule has 104 valence electrons. The number of nitrogens with one attached hydrogen (secondary N) is 1. The fraction of sp³-hybridized carbons (Fsp3) is 0.385. The summed E-state index contributed by atoms with van der Waals surface area (Å²) in [5.74, 6) is -2.02. The van der Waals surface area contributed by atoms with Gasteiger partial charge in [0.2, 0.25) is 0 Å². The summed E-state index contributed by atoms with van der Waals surface area (Å²) < 4.78 is 18.2. The van der Waals surface area contributed by atoms with Crippen molar-refractivity contribution in [1.82, 2.24) is 5.32 Å². The number of ether oxygens (including phenoxy) is 1. The Morgan fingerprint density at radius 1 is 1.47 bits per heavy atom. The van der Waals surface area contributed by atoms with Crippen molar-refractivity contribution >= 4 is 23.5 Å². The van der Waals surface area contributed by atoms with E-state index in [0.717, 1.165) is 6.07 Å². The number of esters is 1.